The number of aliphatic hydroxyl groups is 1. The Hall–Kier alpha value is -1.70. The average Bonchev–Trinajstić information content (AvgIpc) is 2.63. The van der Waals surface area contributed by atoms with Crippen LogP contribution in [0.15, 0.2) is 41.7 Å². The largest absolute Gasteiger partial charge is 0.512 e. The van der Waals surface area contributed by atoms with Crippen LogP contribution in [0, 0.1) is 0 Å². The van der Waals surface area contributed by atoms with Crippen molar-refractivity contribution in [2.45, 2.75) is 87.0 Å². The van der Waals surface area contributed by atoms with Crippen LogP contribution < -0.4 is 0 Å². The molecule has 0 bridgehead atoms. The van der Waals surface area contributed by atoms with E-state index in [0.29, 0.717) is 11.5 Å². The molecule has 0 aliphatic heterocycles. The van der Waals surface area contributed by atoms with E-state index in [1.54, 1.807) is 0 Å². The molecule has 0 saturated carbocycles. The van der Waals surface area contributed by atoms with Gasteiger partial charge in [-0.2, -0.15) is 0 Å². The monoisotopic (exact) mass is 348 g/mol. The van der Waals surface area contributed by atoms with Crippen molar-refractivity contribution < 1.29 is 10.2 Å². The van der Waals surface area contributed by atoms with Crippen molar-refractivity contribution in [2.75, 3.05) is 0 Å². The lowest BCUT2D eigenvalue weighted by Gasteiger charge is -2.03. The Kier molecular flexibility index (Phi) is 17.5. The molecule has 0 amide bonds. The van der Waals surface area contributed by atoms with E-state index in [4.69, 9.17) is 0 Å². The average molecular weight is 349 g/mol. The van der Waals surface area contributed by atoms with Gasteiger partial charge in [0.15, 0.2) is 0 Å². The number of phenolic OH excluding ortho intramolecular Hbond substituents is 1. The number of phenols is 1. The lowest BCUT2D eigenvalue weighted by Crippen LogP contribution is -1.86. The van der Waals surface area contributed by atoms with Gasteiger partial charge in [0.25, 0.3) is 0 Å². The molecule has 2 N–H and O–H groups in total. The normalized spacial score (nSPS) is 11.2. The first kappa shape index (κ1) is 25.5. The fraction of sp³-hybridized carbons (Fsp3) is 0.565. The minimum absolute atomic E-state index is 0.448. The van der Waals surface area contributed by atoms with Crippen LogP contribution in [0.2, 0.25) is 0 Å². The minimum Gasteiger partial charge on any atom is -0.512 e. The van der Waals surface area contributed by atoms with Gasteiger partial charge in [-0.1, -0.05) is 78.7 Å². The Balaban J connectivity index is 0. The van der Waals surface area contributed by atoms with Crippen molar-refractivity contribution in [3.8, 4) is 5.75 Å². The highest BCUT2D eigenvalue weighted by atomic mass is 16.3. The van der Waals surface area contributed by atoms with Gasteiger partial charge in [0.05, 0.1) is 5.76 Å². The van der Waals surface area contributed by atoms with Crippen molar-refractivity contribution >= 4 is 0 Å². The van der Waals surface area contributed by atoms with E-state index in [1.807, 2.05) is 52.0 Å². The van der Waals surface area contributed by atoms with Gasteiger partial charge in [-0.05, 0) is 49.0 Å². The van der Waals surface area contributed by atoms with Gasteiger partial charge in [-0.3, -0.25) is 0 Å². The van der Waals surface area contributed by atoms with Crippen LogP contribution in [0.5, 0.6) is 5.75 Å². The lowest BCUT2D eigenvalue weighted by molar-refractivity contribution is 0.386. The Morgan fingerprint density at radius 2 is 1.68 bits per heavy atom. The third-order valence-electron chi connectivity index (χ3n) is 3.66. The molecule has 0 aliphatic rings. The van der Waals surface area contributed by atoms with E-state index in [-0.39, 0.29) is 0 Å². The maximum Gasteiger partial charge on any atom is 0.119 e. The molecule has 0 spiro atoms. The second-order valence-electron chi connectivity index (χ2n) is 5.64. The highest BCUT2D eigenvalue weighted by Crippen LogP contribution is 2.19. The fourth-order valence-corrected chi connectivity index (χ4v) is 2.37. The molecular weight excluding hydrogens is 308 g/mol. The number of hydrogen-bond acceptors (Lipinski definition) is 2. The first-order chi connectivity index (χ1) is 12.0. The quantitative estimate of drug-likeness (QED) is 0.395. The summed E-state index contributed by atoms with van der Waals surface area (Å²) in [4.78, 5) is 0. The van der Waals surface area contributed by atoms with Gasteiger partial charge in [0.2, 0.25) is 0 Å². The summed E-state index contributed by atoms with van der Waals surface area (Å²) in [6, 6.07) is 5.99. The van der Waals surface area contributed by atoms with Crippen LogP contribution >= 0.6 is 0 Å². The molecule has 25 heavy (non-hydrogen) atoms. The third-order valence-corrected chi connectivity index (χ3v) is 3.66. The van der Waals surface area contributed by atoms with E-state index < -0.39 is 0 Å². The molecule has 1 aromatic rings. The molecule has 2 heteroatoms. The molecule has 2 nitrogen and oxygen atoms in total. The van der Waals surface area contributed by atoms with Crippen LogP contribution in [0.1, 0.15) is 85.3 Å². The Labute approximate surface area is 156 Å². The zero-order valence-electron chi connectivity index (χ0n) is 17.5. The summed E-state index contributed by atoms with van der Waals surface area (Å²) in [6.45, 7) is 14.2. The van der Waals surface area contributed by atoms with E-state index in [1.165, 1.54) is 5.56 Å². The highest BCUT2D eigenvalue weighted by Gasteiger charge is 1.99. The van der Waals surface area contributed by atoms with Gasteiger partial charge in [-0.25, -0.2) is 0 Å². The maximum atomic E-state index is 9.52. The van der Waals surface area contributed by atoms with Crippen molar-refractivity contribution in [3.05, 3.63) is 52.8 Å². The van der Waals surface area contributed by atoms with Crippen molar-refractivity contribution in [2.24, 2.45) is 0 Å². The molecule has 0 aromatic heterocycles. The topological polar surface area (TPSA) is 40.5 Å². The molecular formula is C23H40O2. The van der Waals surface area contributed by atoms with Crippen LogP contribution in [-0.2, 0) is 12.8 Å². The summed E-state index contributed by atoms with van der Waals surface area (Å²) in [7, 11) is 0. The molecule has 0 radical (unpaired) electrons. The number of allylic oxidation sites excluding steroid dienone is 4. The molecule has 0 heterocycles. The summed E-state index contributed by atoms with van der Waals surface area (Å²) in [5.74, 6) is 0.980. The predicted octanol–water partition coefficient (Wildman–Crippen LogP) is 7.52. The Morgan fingerprint density at radius 1 is 1.04 bits per heavy atom. The van der Waals surface area contributed by atoms with Gasteiger partial charge < -0.3 is 10.2 Å². The number of benzene rings is 1. The Bertz CT molecular complexity index is 499. The maximum absolute atomic E-state index is 9.52. The number of aliphatic hydroxyl groups excluding tert-OH is 1. The number of rotatable bonds is 7. The molecule has 0 aliphatic carbocycles. The van der Waals surface area contributed by atoms with Crippen LogP contribution in [0.4, 0.5) is 0 Å². The third kappa shape index (κ3) is 11.5. The second kappa shape index (κ2) is 17.1. The zero-order chi connectivity index (χ0) is 19.7. The summed E-state index contributed by atoms with van der Waals surface area (Å²) in [5.41, 5.74) is 3.35. The summed E-state index contributed by atoms with van der Waals surface area (Å²) in [5, 5.41) is 18.9. The second-order valence-corrected chi connectivity index (χ2v) is 5.64. The summed E-state index contributed by atoms with van der Waals surface area (Å²) in [6.07, 6.45) is 9.84. The molecule has 0 atom stereocenters. The van der Waals surface area contributed by atoms with Gasteiger partial charge in [0.1, 0.15) is 5.75 Å². The van der Waals surface area contributed by atoms with E-state index in [2.05, 4.69) is 26.8 Å². The molecule has 1 aromatic carbocycles. The SMILES string of the molecule is C/C=C\C(CCC)=C(\O)CC.CC.CCCc1ccc(CC)c(O)c1. The zero-order valence-corrected chi connectivity index (χ0v) is 17.5. The van der Waals surface area contributed by atoms with E-state index >= 15 is 0 Å². The minimum atomic E-state index is 0.448. The van der Waals surface area contributed by atoms with Gasteiger partial charge in [-0.15, -0.1) is 0 Å². The number of aromatic hydroxyl groups is 1. The van der Waals surface area contributed by atoms with E-state index in [0.717, 1.165) is 49.7 Å². The molecule has 1 rings (SSSR count). The first-order valence-electron chi connectivity index (χ1n) is 9.88. The van der Waals surface area contributed by atoms with E-state index in [9.17, 15) is 10.2 Å². The molecule has 0 fully saturated rings. The van der Waals surface area contributed by atoms with Crippen LogP contribution in [0.25, 0.3) is 0 Å². The first-order valence-corrected chi connectivity index (χ1v) is 9.88. The number of aryl methyl sites for hydroxylation is 2. The van der Waals surface area contributed by atoms with Crippen molar-refractivity contribution in [1.82, 2.24) is 0 Å². The molecule has 144 valence electrons. The number of hydrogen-bond donors (Lipinski definition) is 2. The van der Waals surface area contributed by atoms with Gasteiger partial charge >= 0.3 is 0 Å². The summed E-state index contributed by atoms with van der Waals surface area (Å²) >= 11 is 0. The Morgan fingerprint density at radius 3 is 2.08 bits per heavy atom. The molecule has 0 saturated heterocycles. The smallest absolute Gasteiger partial charge is 0.119 e. The van der Waals surface area contributed by atoms with Crippen LogP contribution in [0.3, 0.4) is 0 Å². The van der Waals surface area contributed by atoms with Crippen LogP contribution in [-0.4, -0.2) is 10.2 Å². The van der Waals surface area contributed by atoms with Crippen molar-refractivity contribution in [1.29, 1.82) is 0 Å². The predicted molar refractivity (Wildman–Crippen MR) is 112 cm³/mol. The molecule has 0 unspecified atom stereocenters. The summed E-state index contributed by atoms with van der Waals surface area (Å²) < 4.78 is 0. The lowest BCUT2D eigenvalue weighted by atomic mass is 10.1. The highest BCUT2D eigenvalue weighted by molar-refractivity contribution is 5.36. The van der Waals surface area contributed by atoms with Gasteiger partial charge in [0, 0.05) is 6.42 Å². The van der Waals surface area contributed by atoms with Crippen molar-refractivity contribution in [3.63, 3.8) is 0 Å². The fourth-order valence-electron chi connectivity index (χ4n) is 2.37. The standard InChI is InChI=1S/C11H16O.C10H18O.C2H6/c1-3-5-9-6-7-10(4-2)11(12)8-9;1-4-7-9(8-5-2)10(11)6-3;1-2/h6-8,12H,3-5H2,1-2H3;4,7,11H,5-6,8H2,1-3H3;1-2H3/b;7-4-,10-9-;.